The van der Waals surface area contributed by atoms with Gasteiger partial charge in [-0.2, -0.15) is 0 Å². The molecule has 33 heteroatoms. The van der Waals surface area contributed by atoms with Crippen LogP contribution in [-0.4, -0.2) is 345 Å². The second kappa shape index (κ2) is 30.1. The second-order valence-electron chi connectivity index (χ2n) is 28.6. The van der Waals surface area contributed by atoms with Crippen LogP contribution in [0.2, 0.25) is 0 Å². The third-order valence-electron chi connectivity index (χ3n) is 22.8. The number of rotatable bonds is 21. The summed E-state index contributed by atoms with van der Waals surface area (Å²) >= 11 is 0. The van der Waals surface area contributed by atoms with Crippen molar-refractivity contribution in [1.82, 2.24) is 0 Å². The average molecular weight is 1370 g/mol. The van der Waals surface area contributed by atoms with Crippen LogP contribution in [0.3, 0.4) is 0 Å². The molecule has 0 radical (unpaired) electrons. The zero-order valence-electron chi connectivity index (χ0n) is 53.3. The molecular formula is C62H100O33. The van der Waals surface area contributed by atoms with E-state index in [-0.39, 0.29) is 48.2 Å². The molecule has 0 aromatic carbocycles. The molecule has 4 aliphatic carbocycles. The predicted molar refractivity (Wildman–Crippen MR) is 311 cm³/mol. The molecular weight excluding hydrogens is 1270 g/mol. The summed E-state index contributed by atoms with van der Waals surface area (Å²) < 4.78 is 77.7. The summed E-state index contributed by atoms with van der Waals surface area (Å²) in [6.45, 7) is 3.93. The number of allylic oxidation sites excluding steroid dienone is 2. The van der Waals surface area contributed by atoms with Crippen LogP contribution in [-0.2, 0) is 61.6 Å². The Labute approximate surface area is 547 Å². The summed E-state index contributed by atoms with van der Waals surface area (Å²) in [4.78, 5) is 0. The lowest BCUT2D eigenvalue weighted by Gasteiger charge is -2.58. The Morgan fingerprint density at radius 2 is 1.03 bits per heavy atom. The van der Waals surface area contributed by atoms with Gasteiger partial charge in [-0.1, -0.05) is 32.4 Å². The van der Waals surface area contributed by atoms with Crippen molar-refractivity contribution < 1.29 is 164 Å². The number of hydrogen-bond donors (Lipinski definition) is 20. The first-order chi connectivity index (χ1) is 45.1. The Morgan fingerprint density at radius 1 is 0.516 bits per heavy atom. The van der Waals surface area contributed by atoms with Gasteiger partial charge in [0, 0.05) is 12.3 Å². The van der Waals surface area contributed by atoms with E-state index in [2.05, 4.69) is 26.8 Å². The fourth-order valence-electron chi connectivity index (χ4n) is 17.3. The molecule has 0 aromatic rings. The molecule has 11 aliphatic rings. The van der Waals surface area contributed by atoms with Crippen LogP contribution in [0.15, 0.2) is 23.0 Å². The molecule has 39 atom stereocenters. The van der Waals surface area contributed by atoms with Crippen molar-refractivity contribution in [3.63, 3.8) is 0 Å². The maximum atomic E-state index is 12.1. The van der Waals surface area contributed by atoms with E-state index >= 15 is 0 Å². The summed E-state index contributed by atoms with van der Waals surface area (Å²) in [5, 5.41) is 217. The SMILES string of the molecule is CC1=C(CC[C@@H](C)CO[C@H]2O[C@@H](CO)[C@H](O)[C@@H](O)[C@@H]2O)O[C@@H]2C[C@H]3[C@H]4CC=C5C[C@@H](O[C@H]6O[C@@H](CO)[C@H](O[C@H]7O[C@@H](CO)[C@H](O)[C@@H](O[C@H]8OC[C@H](O)[C@@H](O)[C@@H]8O)[C@@H]7O[C@H]7O[C@@H](CO)[C@H](O)[C@@H](O[C@H]8O[C@@H](CO)[C@H](O)[C@@H](O)[C@@H]8O)[C@@H]7O)[C@@H](O)[C@@H]6O)[C@H](O)C[C@]5(C)[C@@H]4CC[C@@]3(C)[C@H]12. The second-order valence-corrected chi connectivity index (χ2v) is 28.6. The topological polar surface area (TPSA) is 525 Å². The van der Waals surface area contributed by atoms with Crippen LogP contribution in [0, 0.1) is 40.4 Å². The Kier molecular flexibility index (Phi) is 23.5. The predicted octanol–water partition coefficient (Wildman–Crippen LogP) is -7.83. The van der Waals surface area contributed by atoms with Gasteiger partial charge in [-0.05, 0) is 91.9 Å². The van der Waals surface area contributed by atoms with E-state index in [1.807, 2.05) is 6.92 Å². The van der Waals surface area contributed by atoms with Crippen LogP contribution < -0.4 is 0 Å². The minimum Gasteiger partial charge on any atom is -0.494 e. The molecule has 0 unspecified atom stereocenters. The van der Waals surface area contributed by atoms with E-state index in [4.69, 9.17) is 61.6 Å². The van der Waals surface area contributed by atoms with Crippen molar-refractivity contribution in [1.29, 1.82) is 0 Å². The normalized spacial score (nSPS) is 52.8. The fourth-order valence-corrected chi connectivity index (χ4v) is 17.3. The van der Waals surface area contributed by atoms with Crippen LogP contribution in [0.4, 0.5) is 0 Å². The molecule has 9 fully saturated rings. The van der Waals surface area contributed by atoms with Crippen molar-refractivity contribution in [2.45, 2.75) is 276 Å². The minimum atomic E-state index is -2.23. The average Bonchev–Trinajstić information content (AvgIpc) is 1.53. The zero-order valence-corrected chi connectivity index (χ0v) is 53.3. The standard InChI is InChI=1S/C62H100O33/c1-21(19-83-55-47(79)43(75)39(71)32(14-63)87-55)5-8-29-22(2)37-31(85-29)12-26-24-7-6-23-11-30(27(68)13-62(23,4)25(24)9-10-61(26,37)3)86-57-49(81)45(77)51(36(18-67)91-57)92-60-54(53(42(74)35(17-66)90-60)94-56-46(78)38(70)28(69)20-84-56)95-59-50(82)52(41(73)34(16-65)89-59)93-58-48(80)44(76)40(72)33(15-64)88-58/h6,21,24-28,30-60,63-82H,5,7-20H2,1-4H3/t21-,24+,25-,26+,27-,28+,30-,31-,32+,33+,34+,35+,36+,37-,38-,39+,40+,41+,42+,43-,44-,45+,46+,47+,48+,49+,50+,51+,52-,53-,54+,55+,56-,57+,58-,59-,60-,61-,62+/m1/s1. The van der Waals surface area contributed by atoms with Crippen molar-refractivity contribution in [2.24, 2.45) is 40.4 Å². The van der Waals surface area contributed by atoms with Gasteiger partial charge in [0.25, 0.3) is 0 Å². The highest BCUT2D eigenvalue weighted by molar-refractivity contribution is 5.31. The van der Waals surface area contributed by atoms with Gasteiger partial charge in [-0.3, -0.25) is 0 Å². The Balaban J connectivity index is 0.757. The van der Waals surface area contributed by atoms with Gasteiger partial charge < -0.3 is 164 Å². The van der Waals surface area contributed by atoms with Gasteiger partial charge in [0.1, 0.15) is 146 Å². The van der Waals surface area contributed by atoms with Crippen LogP contribution >= 0.6 is 0 Å². The highest BCUT2D eigenvalue weighted by Gasteiger charge is 2.65. The van der Waals surface area contributed by atoms with E-state index < -0.39 is 235 Å². The quantitative estimate of drug-likeness (QED) is 0.0475. The molecule has 0 bridgehead atoms. The fraction of sp³-hybridized carbons (Fsp3) is 0.935. The molecule has 6 saturated heterocycles. The highest BCUT2D eigenvalue weighted by atomic mass is 16.8. The number of aliphatic hydroxyl groups excluding tert-OH is 20. The zero-order chi connectivity index (χ0) is 68.6. The summed E-state index contributed by atoms with van der Waals surface area (Å²) in [5.41, 5.74) is 1.80. The Morgan fingerprint density at radius 3 is 1.67 bits per heavy atom. The van der Waals surface area contributed by atoms with E-state index in [1.54, 1.807) is 0 Å². The number of hydrogen-bond acceptors (Lipinski definition) is 33. The molecule has 33 nitrogen and oxygen atoms in total. The molecule has 11 rings (SSSR count). The van der Waals surface area contributed by atoms with Crippen LogP contribution in [0.5, 0.6) is 0 Å². The van der Waals surface area contributed by atoms with Gasteiger partial charge in [0.2, 0.25) is 0 Å². The summed E-state index contributed by atoms with van der Waals surface area (Å²) in [7, 11) is 0. The van der Waals surface area contributed by atoms with E-state index in [1.165, 1.54) is 5.57 Å². The summed E-state index contributed by atoms with van der Waals surface area (Å²) in [5.74, 6) is 1.99. The van der Waals surface area contributed by atoms with Crippen LogP contribution in [0.25, 0.3) is 0 Å². The van der Waals surface area contributed by atoms with E-state index in [0.29, 0.717) is 25.2 Å². The van der Waals surface area contributed by atoms with Crippen LogP contribution in [0.1, 0.15) is 79.1 Å². The van der Waals surface area contributed by atoms with E-state index in [9.17, 15) is 102 Å². The van der Waals surface area contributed by atoms with Gasteiger partial charge in [0.15, 0.2) is 37.7 Å². The number of fused-ring (bicyclic) bond motifs is 7. The van der Waals surface area contributed by atoms with Crippen molar-refractivity contribution in [2.75, 3.05) is 46.2 Å². The molecule has 7 aliphatic heterocycles. The van der Waals surface area contributed by atoms with Gasteiger partial charge in [-0.15, -0.1) is 0 Å². The molecule has 0 spiro atoms. The minimum absolute atomic E-state index is 0.00390. The maximum absolute atomic E-state index is 12.1. The third-order valence-corrected chi connectivity index (χ3v) is 22.8. The number of aliphatic hydroxyl groups is 20. The molecule has 3 saturated carbocycles. The monoisotopic (exact) mass is 1370 g/mol. The molecule has 20 N–H and O–H groups in total. The largest absolute Gasteiger partial charge is 0.494 e. The molecule has 95 heavy (non-hydrogen) atoms. The summed E-state index contributed by atoms with van der Waals surface area (Å²) in [6, 6.07) is 0. The molecule has 0 amide bonds. The number of ether oxygens (including phenoxy) is 13. The van der Waals surface area contributed by atoms with Gasteiger partial charge >= 0.3 is 0 Å². The lowest BCUT2D eigenvalue weighted by Crippen LogP contribution is -2.69. The summed E-state index contributed by atoms with van der Waals surface area (Å²) in [6.07, 6.45) is -47.1. The Hall–Kier alpha value is -2.00. The van der Waals surface area contributed by atoms with Gasteiger partial charge in [-0.25, -0.2) is 0 Å². The first-order valence-electron chi connectivity index (χ1n) is 33.2. The lowest BCUT2D eigenvalue weighted by molar-refractivity contribution is -0.409. The Bertz CT molecular complexity index is 2590. The third kappa shape index (κ3) is 14.0. The first-order valence-corrected chi connectivity index (χ1v) is 33.2. The maximum Gasteiger partial charge on any atom is 0.187 e. The molecule has 0 aromatic heterocycles. The van der Waals surface area contributed by atoms with Crippen molar-refractivity contribution >= 4 is 0 Å². The van der Waals surface area contributed by atoms with E-state index in [0.717, 1.165) is 37.0 Å². The van der Waals surface area contributed by atoms with Crippen molar-refractivity contribution in [3.8, 4) is 0 Å². The molecule has 546 valence electrons. The van der Waals surface area contributed by atoms with Crippen molar-refractivity contribution in [3.05, 3.63) is 23.0 Å². The lowest BCUT2D eigenvalue weighted by atomic mass is 9.47. The first kappa shape index (κ1) is 74.2. The van der Waals surface area contributed by atoms with Gasteiger partial charge in [0.05, 0.1) is 64.2 Å². The molecule has 7 heterocycles. The smallest absolute Gasteiger partial charge is 0.187 e. The highest BCUT2D eigenvalue weighted by Crippen LogP contribution is 2.69.